The van der Waals surface area contributed by atoms with Crippen molar-refractivity contribution in [2.75, 3.05) is 13.1 Å². The lowest BCUT2D eigenvalue weighted by molar-refractivity contribution is 0.0322. The van der Waals surface area contributed by atoms with Gasteiger partial charge in [-0.2, -0.15) is 0 Å². The van der Waals surface area contributed by atoms with Gasteiger partial charge in [-0.1, -0.05) is 90.1 Å². The van der Waals surface area contributed by atoms with Crippen LogP contribution in [0.2, 0.25) is 0 Å². The van der Waals surface area contributed by atoms with Crippen LogP contribution in [0.1, 0.15) is 28.7 Å². The molecule has 2 atom stereocenters. The summed E-state index contributed by atoms with van der Waals surface area (Å²) in [5.74, 6) is 0. The summed E-state index contributed by atoms with van der Waals surface area (Å²) < 4.78 is 0. The third-order valence-electron chi connectivity index (χ3n) is 5.68. The first kappa shape index (κ1) is 21.3. The summed E-state index contributed by atoms with van der Waals surface area (Å²) in [4.78, 5) is 8.09. The van der Waals surface area contributed by atoms with E-state index in [1.807, 2.05) is 36.4 Å². The van der Waals surface area contributed by atoms with Gasteiger partial charge >= 0.3 is 0 Å². The van der Waals surface area contributed by atoms with Crippen LogP contribution < -0.4 is 0 Å². The normalized spacial score (nSPS) is 16.7. The lowest BCUT2D eigenvalue weighted by Crippen LogP contribution is -2.38. The fraction of sp³-hybridized carbons (Fsp3) is 0.296. The molecule has 3 aromatic carbocycles. The minimum atomic E-state index is -0.440. The minimum Gasteiger partial charge on any atom is -0.391 e. The van der Waals surface area contributed by atoms with Crippen molar-refractivity contribution in [3.8, 4) is 0 Å². The molecule has 0 spiro atoms. The predicted molar refractivity (Wildman–Crippen MR) is 125 cm³/mol. The van der Waals surface area contributed by atoms with E-state index in [4.69, 9.17) is 4.84 Å². The Bertz CT molecular complexity index is 988. The smallest absolute Gasteiger partial charge is 0.145 e. The summed E-state index contributed by atoms with van der Waals surface area (Å²) in [5.41, 5.74) is 5.76. The Labute approximate surface area is 184 Å². The zero-order valence-electron chi connectivity index (χ0n) is 18.0. The molecule has 1 heterocycles. The van der Waals surface area contributed by atoms with Gasteiger partial charge in [0, 0.05) is 31.6 Å². The lowest BCUT2D eigenvalue weighted by atomic mass is 10.00. The van der Waals surface area contributed by atoms with E-state index >= 15 is 0 Å². The molecule has 0 saturated heterocycles. The molecule has 0 aromatic heterocycles. The van der Waals surface area contributed by atoms with E-state index in [9.17, 15) is 5.11 Å². The van der Waals surface area contributed by atoms with E-state index in [2.05, 4.69) is 65.5 Å². The maximum Gasteiger partial charge on any atom is 0.145 e. The van der Waals surface area contributed by atoms with Crippen molar-refractivity contribution in [2.45, 2.75) is 38.5 Å². The average molecular weight is 415 g/mol. The molecule has 3 aromatic rings. The molecule has 4 rings (SSSR count). The third-order valence-corrected chi connectivity index (χ3v) is 5.68. The number of oxime groups is 1. The van der Waals surface area contributed by atoms with Gasteiger partial charge in [0.2, 0.25) is 0 Å². The van der Waals surface area contributed by atoms with Crippen molar-refractivity contribution in [3.63, 3.8) is 0 Å². The zero-order chi connectivity index (χ0) is 21.5. The zero-order valence-corrected chi connectivity index (χ0v) is 18.0. The van der Waals surface area contributed by atoms with E-state index in [1.165, 1.54) is 11.1 Å². The maximum absolute atomic E-state index is 10.8. The molecule has 31 heavy (non-hydrogen) atoms. The van der Waals surface area contributed by atoms with Crippen molar-refractivity contribution in [1.82, 2.24) is 4.90 Å². The second kappa shape index (κ2) is 10.4. The van der Waals surface area contributed by atoms with Gasteiger partial charge in [0.25, 0.3) is 0 Å². The molecule has 0 unspecified atom stereocenters. The Balaban J connectivity index is 1.40. The van der Waals surface area contributed by atoms with Gasteiger partial charge in [0.05, 0.1) is 11.8 Å². The molecule has 1 N–H and O–H groups in total. The molecule has 0 saturated carbocycles. The highest BCUT2D eigenvalue weighted by atomic mass is 16.6. The predicted octanol–water partition coefficient (Wildman–Crippen LogP) is 4.59. The van der Waals surface area contributed by atoms with Gasteiger partial charge in [-0.05, 0) is 30.0 Å². The summed E-state index contributed by atoms with van der Waals surface area (Å²) in [6, 6.07) is 28.8. The number of aliphatic hydroxyl groups excluding tert-OH is 1. The van der Waals surface area contributed by atoms with Crippen LogP contribution in [0.3, 0.4) is 0 Å². The highest BCUT2D eigenvalue weighted by Crippen LogP contribution is 2.21. The fourth-order valence-electron chi connectivity index (χ4n) is 4.16. The number of hydrogen-bond acceptors (Lipinski definition) is 4. The van der Waals surface area contributed by atoms with Crippen molar-refractivity contribution in [2.24, 2.45) is 5.16 Å². The van der Waals surface area contributed by atoms with Gasteiger partial charge in [-0.25, -0.2) is 0 Å². The first-order valence-electron chi connectivity index (χ1n) is 10.9. The molecule has 4 nitrogen and oxygen atoms in total. The molecule has 0 aliphatic carbocycles. The number of benzene rings is 3. The highest BCUT2D eigenvalue weighted by molar-refractivity contribution is 6.02. The molecule has 0 amide bonds. The Hall–Kier alpha value is -2.95. The maximum atomic E-state index is 10.8. The van der Waals surface area contributed by atoms with Gasteiger partial charge in [-0.3, -0.25) is 4.90 Å². The molecule has 4 heteroatoms. The van der Waals surface area contributed by atoms with Crippen molar-refractivity contribution < 1.29 is 9.94 Å². The Morgan fingerprint density at radius 3 is 2.29 bits per heavy atom. The van der Waals surface area contributed by atoms with Gasteiger partial charge < -0.3 is 9.94 Å². The first-order chi connectivity index (χ1) is 15.2. The molecule has 1 aliphatic rings. The van der Waals surface area contributed by atoms with Crippen LogP contribution in [-0.2, 0) is 17.8 Å². The van der Waals surface area contributed by atoms with Crippen LogP contribution in [-0.4, -0.2) is 41.0 Å². The second-order valence-electron chi connectivity index (χ2n) is 8.31. The quantitative estimate of drug-likeness (QED) is 0.557. The van der Waals surface area contributed by atoms with E-state index < -0.39 is 6.10 Å². The van der Waals surface area contributed by atoms with E-state index in [0.29, 0.717) is 13.0 Å². The van der Waals surface area contributed by atoms with E-state index in [-0.39, 0.29) is 6.10 Å². The van der Waals surface area contributed by atoms with Crippen molar-refractivity contribution in [1.29, 1.82) is 0 Å². The third kappa shape index (κ3) is 6.03. The van der Waals surface area contributed by atoms with Crippen molar-refractivity contribution in [3.05, 3.63) is 107 Å². The molecule has 1 aliphatic heterocycles. The first-order valence-corrected chi connectivity index (χ1v) is 10.9. The summed E-state index contributed by atoms with van der Waals surface area (Å²) in [5, 5.41) is 15.2. The molecule has 0 radical (unpaired) electrons. The van der Waals surface area contributed by atoms with Crippen LogP contribution in [0.4, 0.5) is 0 Å². The molecule has 0 fully saturated rings. The average Bonchev–Trinajstić information content (AvgIpc) is 3.23. The van der Waals surface area contributed by atoms with Crippen LogP contribution in [0, 0.1) is 6.92 Å². The molecule has 160 valence electrons. The van der Waals surface area contributed by atoms with Crippen LogP contribution in [0.25, 0.3) is 0 Å². The van der Waals surface area contributed by atoms with E-state index in [1.54, 1.807) is 0 Å². The topological polar surface area (TPSA) is 45.1 Å². The van der Waals surface area contributed by atoms with Gasteiger partial charge in [0.15, 0.2) is 0 Å². The molecular weight excluding hydrogens is 384 g/mol. The second-order valence-corrected chi connectivity index (χ2v) is 8.31. The standard InChI is InChI=1S/C27H30N2O2/c1-21-10-8-9-15-26(21)27-17-25(31-28-27)20-29(18-23-13-6-3-7-14-23)19-24(30)16-22-11-4-2-5-12-22/h2-15,24-25,30H,16-20H2,1H3/t24-,25-/m0/s1. The number of rotatable bonds is 9. The van der Waals surface area contributed by atoms with Gasteiger partial charge in [0.1, 0.15) is 6.10 Å². The fourth-order valence-corrected chi connectivity index (χ4v) is 4.16. The summed E-state index contributed by atoms with van der Waals surface area (Å²) >= 11 is 0. The minimum absolute atomic E-state index is 0.0118. The number of hydrogen-bond donors (Lipinski definition) is 1. The Kier molecular flexibility index (Phi) is 7.13. The number of nitrogens with zero attached hydrogens (tertiary/aromatic N) is 2. The van der Waals surface area contributed by atoms with Crippen LogP contribution >= 0.6 is 0 Å². The molecular formula is C27H30N2O2. The number of aryl methyl sites for hydroxylation is 1. The monoisotopic (exact) mass is 414 g/mol. The number of aliphatic hydroxyl groups is 1. The summed E-state index contributed by atoms with van der Waals surface area (Å²) in [6.45, 7) is 4.18. The Morgan fingerprint density at radius 2 is 1.58 bits per heavy atom. The Morgan fingerprint density at radius 1 is 0.935 bits per heavy atom. The van der Waals surface area contributed by atoms with Crippen LogP contribution in [0.5, 0.6) is 0 Å². The van der Waals surface area contributed by atoms with Gasteiger partial charge in [-0.15, -0.1) is 0 Å². The summed E-state index contributed by atoms with van der Waals surface area (Å²) in [7, 11) is 0. The largest absolute Gasteiger partial charge is 0.391 e. The van der Waals surface area contributed by atoms with E-state index in [0.717, 1.165) is 36.3 Å². The molecule has 0 bridgehead atoms. The van der Waals surface area contributed by atoms with Crippen LogP contribution in [0.15, 0.2) is 90.1 Å². The SMILES string of the molecule is Cc1ccccc1C1=NO[C@H](CN(Cc2ccccc2)C[C@@H](O)Cc2ccccc2)C1. The van der Waals surface area contributed by atoms with Crippen molar-refractivity contribution >= 4 is 5.71 Å². The summed E-state index contributed by atoms with van der Waals surface area (Å²) in [6.07, 6.45) is 0.972. The highest BCUT2D eigenvalue weighted by Gasteiger charge is 2.26. The lowest BCUT2D eigenvalue weighted by Gasteiger charge is -2.27.